The standard InChI is InChI=1S/C12H14N4OS2.ClH/c1-5-7(8-3-9(8)13)4-10(18-5)11(17)14-12-16-15-6(2)19-12;/h4,8-9H,3,13H2,1-2H3,(H,14,16,17);1H/t8-,9+;/m0./s1. The van der Waals surface area contributed by atoms with Gasteiger partial charge in [-0.25, -0.2) is 0 Å². The lowest BCUT2D eigenvalue weighted by Crippen LogP contribution is -2.09. The molecule has 1 amide bonds. The van der Waals surface area contributed by atoms with Crippen molar-refractivity contribution < 1.29 is 4.79 Å². The van der Waals surface area contributed by atoms with Gasteiger partial charge in [0.25, 0.3) is 5.91 Å². The van der Waals surface area contributed by atoms with Crippen LogP contribution in [0.4, 0.5) is 5.13 Å². The first kappa shape index (κ1) is 15.4. The molecule has 3 N–H and O–H groups in total. The van der Waals surface area contributed by atoms with Crippen LogP contribution in [0, 0.1) is 13.8 Å². The Morgan fingerprint density at radius 3 is 2.65 bits per heavy atom. The molecule has 2 atom stereocenters. The van der Waals surface area contributed by atoms with Gasteiger partial charge in [-0.3, -0.25) is 10.1 Å². The lowest BCUT2D eigenvalue weighted by molar-refractivity contribution is 0.103. The van der Waals surface area contributed by atoms with Crippen molar-refractivity contribution in [2.45, 2.75) is 32.2 Å². The number of halogens is 1. The molecular weight excluding hydrogens is 316 g/mol. The molecule has 8 heteroatoms. The zero-order chi connectivity index (χ0) is 13.6. The third kappa shape index (κ3) is 3.01. The number of thiophene rings is 1. The molecule has 1 aliphatic rings. The summed E-state index contributed by atoms with van der Waals surface area (Å²) in [7, 11) is 0. The third-order valence-electron chi connectivity index (χ3n) is 3.17. The fraction of sp³-hybridized carbons (Fsp3) is 0.417. The molecule has 0 spiro atoms. The second-order valence-corrected chi connectivity index (χ2v) is 7.15. The lowest BCUT2D eigenvalue weighted by atomic mass is 10.1. The molecular formula is C12H15ClN4OS2. The van der Waals surface area contributed by atoms with Gasteiger partial charge in [-0.15, -0.1) is 33.9 Å². The Kier molecular flexibility index (Phi) is 4.43. The highest BCUT2D eigenvalue weighted by Gasteiger charge is 2.37. The van der Waals surface area contributed by atoms with Crippen LogP contribution in [0.25, 0.3) is 0 Å². The number of rotatable bonds is 3. The average molecular weight is 331 g/mol. The van der Waals surface area contributed by atoms with Crippen molar-refractivity contribution in [3.63, 3.8) is 0 Å². The number of amides is 1. The summed E-state index contributed by atoms with van der Waals surface area (Å²) in [5.74, 6) is 0.311. The maximum Gasteiger partial charge on any atom is 0.267 e. The van der Waals surface area contributed by atoms with E-state index in [2.05, 4.69) is 15.5 Å². The molecule has 0 unspecified atom stereocenters. The number of hydrogen-bond donors (Lipinski definition) is 2. The van der Waals surface area contributed by atoms with E-state index in [9.17, 15) is 4.79 Å². The molecule has 1 fully saturated rings. The molecule has 0 radical (unpaired) electrons. The van der Waals surface area contributed by atoms with Crippen LogP contribution in [0.5, 0.6) is 0 Å². The minimum absolute atomic E-state index is 0. The Balaban J connectivity index is 0.00000147. The molecule has 0 saturated heterocycles. The SMILES string of the molecule is Cc1nnc(NC(=O)c2cc([C@@H]3C[C@H]3N)c(C)s2)s1.Cl. The maximum absolute atomic E-state index is 12.1. The van der Waals surface area contributed by atoms with E-state index in [1.165, 1.54) is 33.1 Å². The molecule has 108 valence electrons. The number of nitrogens with zero attached hydrogens (tertiary/aromatic N) is 2. The van der Waals surface area contributed by atoms with E-state index in [4.69, 9.17) is 5.73 Å². The Morgan fingerprint density at radius 1 is 1.40 bits per heavy atom. The molecule has 2 aromatic heterocycles. The van der Waals surface area contributed by atoms with Crippen LogP contribution in [0.1, 0.15) is 37.5 Å². The highest BCUT2D eigenvalue weighted by atomic mass is 35.5. The normalized spacial score (nSPS) is 20.4. The van der Waals surface area contributed by atoms with Gasteiger partial charge in [-0.05, 0) is 31.9 Å². The fourth-order valence-corrected chi connectivity index (χ4v) is 3.63. The molecule has 3 rings (SSSR count). The smallest absolute Gasteiger partial charge is 0.267 e. The summed E-state index contributed by atoms with van der Waals surface area (Å²) in [5.41, 5.74) is 7.09. The molecule has 20 heavy (non-hydrogen) atoms. The van der Waals surface area contributed by atoms with E-state index >= 15 is 0 Å². The monoisotopic (exact) mass is 330 g/mol. The summed E-state index contributed by atoms with van der Waals surface area (Å²) in [5, 5.41) is 11.9. The van der Waals surface area contributed by atoms with Crippen LogP contribution in [0.3, 0.4) is 0 Å². The topological polar surface area (TPSA) is 80.9 Å². The number of aromatic nitrogens is 2. The average Bonchev–Trinajstić information content (AvgIpc) is 2.75. The van der Waals surface area contributed by atoms with Gasteiger partial charge in [0.1, 0.15) is 5.01 Å². The summed E-state index contributed by atoms with van der Waals surface area (Å²) in [6.07, 6.45) is 1.02. The first-order valence-corrected chi connectivity index (χ1v) is 7.65. The van der Waals surface area contributed by atoms with E-state index in [0.717, 1.165) is 11.4 Å². The van der Waals surface area contributed by atoms with Crippen molar-refractivity contribution in [2.75, 3.05) is 5.32 Å². The Labute approximate surface area is 131 Å². The summed E-state index contributed by atoms with van der Waals surface area (Å²) in [4.78, 5) is 14.0. The van der Waals surface area contributed by atoms with Crippen molar-refractivity contribution >= 4 is 46.1 Å². The minimum atomic E-state index is -0.121. The van der Waals surface area contributed by atoms with Gasteiger partial charge in [0.05, 0.1) is 4.88 Å². The summed E-state index contributed by atoms with van der Waals surface area (Å²) >= 11 is 2.88. The molecule has 1 saturated carbocycles. The van der Waals surface area contributed by atoms with Crippen LogP contribution in [-0.2, 0) is 0 Å². The number of aryl methyl sites for hydroxylation is 2. The van der Waals surface area contributed by atoms with Crippen molar-refractivity contribution in [1.82, 2.24) is 10.2 Å². The molecule has 5 nitrogen and oxygen atoms in total. The van der Waals surface area contributed by atoms with E-state index < -0.39 is 0 Å². The highest BCUT2D eigenvalue weighted by molar-refractivity contribution is 7.16. The van der Waals surface area contributed by atoms with Gasteiger partial charge in [-0.1, -0.05) is 11.3 Å². The van der Waals surface area contributed by atoms with E-state index in [1.54, 1.807) is 0 Å². The summed E-state index contributed by atoms with van der Waals surface area (Å²) in [6.45, 7) is 3.89. The van der Waals surface area contributed by atoms with Crippen LogP contribution in [-0.4, -0.2) is 22.1 Å². The second-order valence-electron chi connectivity index (χ2n) is 4.71. The van der Waals surface area contributed by atoms with Crippen molar-refractivity contribution in [3.05, 3.63) is 26.4 Å². The Hall–Kier alpha value is -1.02. The predicted molar refractivity (Wildman–Crippen MR) is 84.2 cm³/mol. The number of nitrogens with one attached hydrogen (secondary N) is 1. The van der Waals surface area contributed by atoms with Crippen molar-refractivity contribution in [1.29, 1.82) is 0 Å². The Morgan fingerprint density at radius 2 is 2.10 bits per heavy atom. The predicted octanol–water partition coefficient (Wildman–Crippen LogP) is 2.71. The maximum atomic E-state index is 12.1. The van der Waals surface area contributed by atoms with Gasteiger partial charge in [-0.2, -0.15) is 0 Å². The number of nitrogens with two attached hydrogens (primary N) is 1. The Bertz CT molecular complexity index is 639. The van der Waals surface area contributed by atoms with Crippen LogP contribution in [0.15, 0.2) is 6.07 Å². The van der Waals surface area contributed by atoms with Gasteiger partial charge in [0, 0.05) is 16.8 Å². The van der Waals surface area contributed by atoms with E-state index in [1.807, 2.05) is 19.9 Å². The van der Waals surface area contributed by atoms with Crippen molar-refractivity contribution in [3.8, 4) is 0 Å². The lowest BCUT2D eigenvalue weighted by Gasteiger charge is -1.96. The van der Waals surface area contributed by atoms with Gasteiger partial charge in [0.2, 0.25) is 5.13 Å². The number of anilines is 1. The molecule has 0 aliphatic heterocycles. The molecule has 2 aromatic rings. The highest BCUT2D eigenvalue weighted by Crippen LogP contribution is 2.43. The van der Waals surface area contributed by atoms with E-state index in [-0.39, 0.29) is 24.4 Å². The molecule has 2 heterocycles. The van der Waals surface area contributed by atoms with Crippen LogP contribution < -0.4 is 11.1 Å². The number of carbonyl (C=O) groups excluding carboxylic acids is 1. The summed E-state index contributed by atoms with van der Waals surface area (Å²) < 4.78 is 0. The van der Waals surface area contributed by atoms with Gasteiger partial charge < -0.3 is 5.73 Å². The number of hydrogen-bond acceptors (Lipinski definition) is 6. The zero-order valence-electron chi connectivity index (χ0n) is 11.0. The van der Waals surface area contributed by atoms with Crippen LogP contribution >= 0.6 is 35.1 Å². The van der Waals surface area contributed by atoms with Gasteiger partial charge >= 0.3 is 0 Å². The second kappa shape index (κ2) is 5.77. The zero-order valence-corrected chi connectivity index (χ0v) is 13.5. The van der Waals surface area contributed by atoms with Gasteiger partial charge in [0.15, 0.2) is 0 Å². The third-order valence-corrected chi connectivity index (χ3v) is 4.98. The molecule has 1 aliphatic carbocycles. The largest absolute Gasteiger partial charge is 0.327 e. The fourth-order valence-electron chi connectivity index (χ4n) is 2.05. The summed E-state index contributed by atoms with van der Waals surface area (Å²) in [6, 6.07) is 2.22. The van der Waals surface area contributed by atoms with E-state index in [0.29, 0.717) is 15.9 Å². The molecule has 0 bridgehead atoms. The minimum Gasteiger partial charge on any atom is -0.327 e. The number of carbonyl (C=O) groups is 1. The molecule has 0 aromatic carbocycles. The first-order chi connectivity index (χ1) is 9.04. The quantitative estimate of drug-likeness (QED) is 0.906. The first-order valence-electron chi connectivity index (χ1n) is 6.02. The van der Waals surface area contributed by atoms with Crippen molar-refractivity contribution in [2.24, 2.45) is 5.73 Å². The van der Waals surface area contributed by atoms with Crippen LogP contribution in [0.2, 0.25) is 0 Å².